The third-order valence-corrected chi connectivity index (χ3v) is 13.7. The van der Waals surface area contributed by atoms with Crippen LogP contribution in [0, 0.1) is 0 Å². The molecule has 10 aromatic carbocycles. The van der Waals surface area contributed by atoms with Crippen molar-refractivity contribution in [3.63, 3.8) is 0 Å². The molecule has 74 heavy (non-hydrogen) atoms. The lowest BCUT2D eigenvalue weighted by Crippen LogP contribution is -2.00. The highest BCUT2D eigenvalue weighted by molar-refractivity contribution is 6.14. The number of aromatic nitrogens is 7. The van der Waals surface area contributed by atoms with Gasteiger partial charge in [-0.2, -0.15) is 0 Å². The van der Waals surface area contributed by atoms with Gasteiger partial charge in [0.15, 0.2) is 34.9 Å². The molecule has 8 nitrogen and oxygen atoms in total. The minimum atomic E-state index is 0.579. The van der Waals surface area contributed by atoms with E-state index in [1.807, 2.05) is 133 Å². The first-order valence-corrected chi connectivity index (χ1v) is 24.6. The molecule has 0 amide bonds. The fourth-order valence-electron chi connectivity index (χ4n) is 10.1. The van der Waals surface area contributed by atoms with Crippen molar-refractivity contribution in [2.24, 2.45) is 0 Å². The number of hydrogen-bond donors (Lipinski definition) is 0. The van der Waals surface area contributed by atoms with Gasteiger partial charge in [-0.1, -0.05) is 188 Å². The van der Waals surface area contributed by atoms with Crippen LogP contribution in [-0.4, -0.2) is 34.5 Å². The fourth-order valence-corrected chi connectivity index (χ4v) is 10.1. The van der Waals surface area contributed by atoms with Crippen LogP contribution in [0.25, 0.3) is 140 Å². The molecule has 0 saturated carbocycles. The molecule has 14 aromatic rings. The average Bonchev–Trinajstić information content (AvgIpc) is 4.04. The highest BCUT2D eigenvalue weighted by Gasteiger charge is 2.21. The van der Waals surface area contributed by atoms with Crippen molar-refractivity contribution in [1.29, 1.82) is 0 Å². The Bertz CT molecular complexity index is 4290. The maximum atomic E-state index is 6.57. The number of benzene rings is 10. The van der Waals surface area contributed by atoms with Gasteiger partial charge < -0.3 is 8.98 Å². The minimum absolute atomic E-state index is 0.579. The normalized spacial score (nSPS) is 11.5. The summed E-state index contributed by atoms with van der Waals surface area (Å²) in [5.41, 5.74) is 14.6. The quantitative estimate of drug-likeness (QED) is 0.142. The molecule has 0 fully saturated rings. The Kier molecular flexibility index (Phi) is 10.3. The van der Waals surface area contributed by atoms with Crippen molar-refractivity contribution in [2.45, 2.75) is 0 Å². The Labute approximate surface area is 425 Å². The molecule has 0 saturated heterocycles. The van der Waals surface area contributed by atoms with Crippen LogP contribution in [0.2, 0.25) is 0 Å². The zero-order chi connectivity index (χ0) is 49.0. The van der Waals surface area contributed by atoms with Crippen LogP contribution < -0.4 is 0 Å². The van der Waals surface area contributed by atoms with Gasteiger partial charge in [-0.25, -0.2) is 29.9 Å². The van der Waals surface area contributed by atoms with Crippen LogP contribution in [0.4, 0.5) is 0 Å². The van der Waals surface area contributed by atoms with E-state index >= 15 is 0 Å². The van der Waals surface area contributed by atoms with E-state index in [0.29, 0.717) is 34.9 Å². The second-order valence-electron chi connectivity index (χ2n) is 18.3. The van der Waals surface area contributed by atoms with E-state index < -0.39 is 0 Å². The van der Waals surface area contributed by atoms with E-state index in [1.54, 1.807) is 0 Å². The van der Waals surface area contributed by atoms with Crippen molar-refractivity contribution >= 4 is 43.7 Å². The smallest absolute Gasteiger partial charge is 0.164 e. The summed E-state index contributed by atoms with van der Waals surface area (Å²) in [7, 11) is 0. The molecular formula is C66H41N7O. The lowest BCUT2D eigenvalue weighted by molar-refractivity contribution is 0.669. The van der Waals surface area contributed by atoms with Crippen LogP contribution in [0.1, 0.15) is 0 Å². The number of para-hydroxylation sites is 1. The van der Waals surface area contributed by atoms with Crippen molar-refractivity contribution in [3.8, 4) is 96.3 Å². The van der Waals surface area contributed by atoms with E-state index in [-0.39, 0.29) is 0 Å². The highest BCUT2D eigenvalue weighted by Crippen LogP contribution is 2.41. The molecule has 346 valence electrons. The highest BCUT2D eigenvalue weighted by atomic mass is 16.3. The topological polar surface area (TPSA) is 95.4 Å². The zero-order valence-corrected chi connectivity index (χ0v) is 39.7. The molecule has 0 bridgehead atoms. The van der Waals surface area contributed by atoms with Crippen molar-refractivity contribution in [3.05, 3.63) is 249 Å². The molecule has 0 spiro atoms. The summed E-state index contributed by atoms with van der Waals surface area (Å²) in [4.78, 5) is 30.2. The lowest BCUT2D eigenvalue weighted by Gasteiger charge is -2.10. The van der Waals surface area contributed by atoms with E-state index in [0.717, 1.165) is 105 Å². The van der Waals surface area contributed by atoms with Gasteiger partial charge in [0.25, 0.3) is 0 Å². The number of fused-ring (bicyclic) bond motifs is 6. The van der Waals surface area contributed by atoms with Crippen LogP contribution in [0.5, 0.6) is 0 Å². The SMILES string of the molecule is c1ccc(-c2nc(-c3ccccc3)nc(-c3cccc(-c4ccc5c(c4)c4cc(-c6ccc7oc8cccc(-c9nc(-c%10ccccc%10)nc(-c%10ccccc%10)n9)c8c7c6)ccc4n5-c4ccccc4)c3)n2)cc1. The molecular weight excluding hydrogens is 907 g/mol. The minimum Gasteiger partial charge on any atom is -0.456 e. The lowest BCUT2D eigenvalue weighted by atomic mass is 9.98. The van der Waals surface area contributed by atoms with E-state index in [9.17, 15) is 0 Å². The second kappa shape index (κ2) is 17.9. The molecule has 0 N–H and O–H groups in total. The molecule has 0 radical (unpaired) electrons. The number of nitrogens with zero attached hydrogens (tertiary/aromatic N) is 7. The summed E-state index contributed by atoms with van der Waals surface area (Å²) < 4.78 is 8.93. The maximum absolute atomic E-state index is 6.57. The third kappa shape index (κ3) is 7.66. The monoisotopic (exact) mass is 947 g/mol. The molecule has 0 atom stereocenters. The predicted molar refractivity (Wildman–Crippen MR) is 298 cm³/mol. The zero-order valence-electron chi connectivity index (χ0n) is 39.7. The Balaban J connectivity index is 0.901. The Morgan fingerprint density at radius 1 is 0.257 bits per heavy atom. The number of hydrogen-bond acceptors (Lipinski definition) is 7. The molecule has 14 rings (SSSR count). The van der Waals surface area contributed by atoms with Crippen LogP contribution >= 0.6 is 0 Å². The first-order chi connectivity index (χ1) is 36.6. The number of furan rings is 1. The van der Waals surface area contributed by atoms with E-state index in [1.165, 1.54) is 0 Å². The standard InChI is InChI=1S/C66H41N7O/c1-6-18-42(19-7-1)61-67-62(43-20-8-2-9-21-43)70-65(69-61)50-27-16-26-46(38-50)47-32-35-56-53(39-47)54-40-48(33-36-57(54)73(56)51-28-14-5-15-29-51)49-34-37-58-55(41-49)60-52(30-17-31-59(60)74-58)66-71-63(44-22-10-3-11-23-44)68-64(72-66)45-24-12-4-13-25-45/h1-41H. The molecule has 4 aromatic heterocycles. The number of rotatable bonds is 9. The van der Waals surface area contributed by atoms with Crippen LogP contribution in [0.15, 0.2) is 253 Å². The average molecular weight is 948 g/mol. The summed E-state index contributed by atoms with van der Waals surface area (Å²) in [5, 5.41) is 4.21. The summed E-state index contributed by atoms with van der Waals surface area (Å²) >= 11 is 0. The Morgan fingerprint density at radius 3 is 1.14 bits per heavy atom. The fraction of sp³-hybridized carbons (Fsp3) is 0. The third-order valence-electron chi connectivity index (χ3n) is 13.7. The van der Waals surface area contributed by atoms with Crippen molar-refractivity contribution < 1.29 is 4.42 Å². The largest absolute Gasteiger partial charge is 0.456 e. The van der Waals surface area contributed by atoms with Gasteiger partial charge in [-0.3, -0.25) is 0 Å². The van der Waals surface area contributed by atoms with Crippen molar-refractivity contribution in [2.75, 3.05) is 0 Å². The van der Waals surface area contributed by atoms with Crippen LogP contribution in [0.3, 0.4) is 0 Å². The Morgan fingerprint density at radius 2 is 0.635 bits per heavy atom. The van der Waals surface area contributed by atoms with Gasteiger partial charge >= 0.3 is 0 Å². The molecule has 0 aliphatic rings. The first kappa shape index (κ1) is 42.7. The van der Waals surface area contributed by atoms with Gasteiger partial charge in [-0.15, -0.1) is 0 Å². The maximum Gasteiger partial charge on any atom is 0.164 e. The summed E-state index contributed by atoms with van der Waals surface area (Å²) in [6.45, 7) is 0. The van der Waals surface area contributed by atoms with Crippen molar-refractivity contribution in [1.82, 2.24) is 34.5 Å². The van der Waals surface area contributed by atoms with Crippen LogP contribution in [-0.2, 0) is 0 Å². The van der Waals surface area contributed by atoms with Gasteiger partial charge in [0.1, 0.15) is 11.2 Å². The molecule has 0 aliphatic heterocycles. The summed E-state index contributed by atoms with van der Waals surface area (Å²) in [6.07, 6.45) is 0. The van der Waals surface area contributed by atoms with Gasteiger partial charge in [0.2, 0.25) is 0 Å². The predicted octanol–water partition coefficient (Wildman–Crippen LogP) is 16.4. The molecule has 4 heterocycles. The second-order valence-corrected chi connectivity index (χ2v) is 18.3. The van der Waals surface area contributed by atoms with Gasteiger partial charge in [0, 0.05) is 60.6 Å². The Hall–Kier alpha value is -10.2. The summed E-state index contributed by atoms with van der Waals surface area (Å²) in [6, 6.07) is 85.5. The van der Waals surface area contributed by atoms with E-state index in [4.69, 9.17) is 34.3 Å². The molecule has 0 unspecified atom stereocenters. The molecule has 8 heteroatoms. The summed E-state index contributed by atoms with van der Waals surface area (Å²) in [5.74, 6) is 3.67. The first-order valence-electron chi connectivity index (χ1n) is 24.6. The van der Waals surface area contributed by atoms with E-state index in [2.05, 4.69) is 120 Å². The van der Waals surface area contributed by atoms with Gasteiger partial charge in [-0.05, 0) is 82.9 Å². The molecule has 0 aliphatic carbocycles. The van der Waals surface area contributed by atoms with Gasteiger partial charge in [0.05, 0.1) is 11.0 Å².